The molecule has 1 aromatic rings. The molecule has 0 amide bonds. The van der Waals surface area contributed by atoms with E-state index in [2.05, 4.69) is 0 Å². The van der Waals surface area contributed by atoms with Gasteiger partial charge in [-0.1, -0.05) is 0 Å². The van der Waals surface area contributed by atoms with Crippen LogP contribution in [0.1, 0.15) is 6.92 Å². The van der Waals surface area contributed by atoms with Crippen LogP contribution in [0.3, 0.4) is 0 Å². The van der Waals surface area contributed by atoms with E-state index in [1.807, 2.05) is 11.5 Å². The maximum absolute atomic E-state index is 12.2. The van der Waals surface area contributed by atoms with Crippen molar-refractivity contribution in [3.63, 3.8) is 0 Å². The third kappa shape index (κ3) is 8.96. The summed E-state index contributed by atoms with van der Waals surface area (Å²) >= 11 is 0. The van der Waals surface area contributed by atoms with Crippen LogP contribution < -0.4 is 0 Å². The first-order chi connectivity index (χ1) is 6.33. The fourth-order valence-corrected chi connectivity index (χ4v) is 0.650. The standard InChI is InChI=1S/C7H9FN.BF4/c1-2-9-5-3-7(8)4-6-9;2-1(3,4)5/h3-6H,2H2,1H3;/q+1;-1. The van der Waals surface area contributed by atoms with Crippen molar-refractivity contribution in [2.24, 2.45) is 0 Å². The fraction of sp³-hybridized carbons (Fsp3) is 0.286. The van der Waals surface area contributed by atoms with Crippen molar-refractivity contribution in [2.45, 2.75) is 13.5 Å². The summed E-state index contributed by atoms with van der Waals surface area (Å²) in [5.41, 5.74) is 0. The summed E-state index contributed by atoms with van der Waals surface area (Å²) in [7, 11) is -6.00. The SMILES string of the molecule is CCn1ccc(F)c[cH+]1.F[B-](F)(F)F. The third-order valence-corrected chi connectivity index (χ3v) is 1.22. The number of nitrogens with zero attached hydrogens (tertiary/aromatic N) is 1. The van der Waals surface area contributed by atoms with Crippen LogP contribution in [0.25, 0.3) is 0 Å². The van der Waals surface area contributed by atoms with Gasteiger partial charge in [0.05, 0.1) is 0 Å². The highest BCUT2D eigenvalue weighted by Gasteiger charge is 2.20. The van der Waals surface area contributed by atoms with Crippen molar-refractivity contribution >= 4 is 7.25 Å². The van der Waals surface area contributed by atoms with Gasteiger partial charge >= 0.3 is 7.25 Å². The van der Waals surface area contributed by atoms with Crippen molar-refractivity contribution in [3.05, 3.63) is 30.3 Å². The molecule has 0 aliphatic carbocycles. The van der Waals surface area contributed by atoms with Crippen LogP contribution in [0.2, 0.25) is 0 Å². The average molecular weight is 213 g/mol. The van der Waals surface area contributed by atoms with Crippen LogP contribution in [0, 0.1) is 5.82 Å². The fourth-order valence-electron chi connectivity index (χ4n) is 0.650. The number of hydrogen-bond donors (Lipinski definition) is 0. The molecule has 0 fully saturated rings. The van der Waals surface area contributed by atoms with E-state index < -0.39 is 7.25 Å². The quantitative estimate of drug-likeness (QED) is 0.383. The highest BCUT2D eigenvalue weighted by atomic mass is 19.5. The Kier molecular flexibility index (Phi) is 5.11. The van der Waals surface area contributed by atoms with E-state index in [-0.39, 0.29) is 5.82 Å². The molecule has 0 unspecified atom stereocenters. The van der Waals surface area contributed by atoms with Gasteiger partial charge in [0.25, 0.3) is 0 Å². The van der Waals surface area contributed by atoms with Gasteiger partial charge in [-0.05, 0) is 6.92 Å². The first kappa shape index (κ1) is 12.9. The molecule has 80 valence electrons. The summed E-state index contributed by atoms with van der Waals surface area (Å²) in [5.74, 6) is -0.181. The molecular formula is C7H9BF5N. The normalized spacial score (nSPS) is 10.4. The number of aromatic nitrogens is 1. The van der Waals surface area contributed by atoms with E-state index in [1.165, 1.54) is 12.1 Å². The van der Waals surface area contributed by atoms with Gasteiger partial charge in [-0.15, -0.1) is 4.39 Å². The molecule has 1 rings (SSSR count). The molecule has 0 bridgehead atoms. The highest BCUT2D eigenvalue weighted by Crippen LogP contribution is 2.06. The van der Waals surface area contributed by atoms with E-state index in [0.717, 1.165) is 6.54 Å². The topological polar surface area (TPSA) is 4.93 Å². The number of aryl methyl sites for hydroxylation is 1. The van der Waals surface area contributed by atoms with Crippen LogP contribution >= 0.6 is 0 Å². The molecular weight excluding hydrogens is 204 g/mol. The molecule has 0 atom stereocenters. The maximum atomic E-state index is 12.2. The molecule has 0 aromatic carbocycles. The molecule has 14 heavy (non-hydrogen) atoms. The second kappa shape index (κ2) is 5.56. The zero-order valence-corrected chi connectivity index (χ0v) is 7.43. The summed E-state index contributed by atoms with van der Waals surface area (Å²) in [5, 5.41) is 0. The van der Waals surface area contributed by atoms with E-state index in [9.17, 15) is 21.7 Å². The lowest BCUT2D eigenvalue weighted by atomic mass is 10.3. The predicted octanol–water partition coefficient (Wildman–Crippen LogP) is 3.23. The molecule has 0 spiro atoms. The number of rotatable bonds is 1. The molecule has 7 heteroatoms. The number of hydrogen-bond acceptors (Lipinski definition) is 0. The van der Waals surface area contributed by atoms with Crippen molar-refractivity contribution < 1.29 is 21.7 Å². The Bertz CT molecular complexity index is 252. The van der Waals surface area contributed by atoms with Crippen LogP contribution in [0.4, 0.5) is 21.7 Å². The van der Waals surface area contributed by atoms with Crippen molar-refractivity contribution in [2.75, 3.05) is 0 Å². The Morgan fingerprint density at radius 2 is 1.86 bits per heavy atom. The summed E-state index contributed by atoms with van der Waals surface area (Å²) in [6.07, 6.45) is 3.44. The Balaban J connectivity index is 0.000000292. The van der Waals surface area contributed by atoms with Gasteiger partial charge in [0.15, 0.2) is 0 Å². The van der Waals surface area contributed by atoms with Crippen molar-refractivity contribution in [3.8, 4) is 0 Å². The summed E-state index contributed by atoms with van der Waals surface area (Å²) in [6.45, 7) is 2.90. The summed E-state index contributed by atoms with van der Waals surface area (Å²) in [6, 6.07) is 2.90. The summed E-state index contributed by atoms with van der Waals surface area (Å²) in [4.78, 5) is 0. The minimum absolute atomic E-state index is 0.181. The average Bonchev–Trinajstić information content (AvgIpc) is 2.03. The van der Waals surface area contributed by atoms with Crippen LogP contribution in [0.15, 0.2) is 24.5 Å². The first-order valence-electron chi connectivity index (χ1n) is 3.85. The molecule has 0 saturated heterocycles. The Labute approximate surface area is 78.3 Å². The Morgan fingerprint density at radius 3 is 2.14 bits per heavy atom. The maximum Gasteiger partial charge on any atom is 0.673 e. The van der Waals surface area contributed by atoms with Gasteiger partial charge in [-0.2, -0.15) is 0 Å². The number of pyridine rings is 1. The van der Waals surface area contributed by atoms with Crippen molar-refractivity contribution in [1.82, 2.24) is 4.57 Å². The van der Waals surface area contributed by atoms with Gasteiger partial charge in [0, 0.05) is 6.54 Å². The van der Waals surface area contributed by atoms with Crippen LogP contribution in [-0.2, 0) is 6.54 Å². The largest absolute Gasteiger partial charge is 0.673 e. The molecule has 1 heterocycles. The second-order valence-electron chi connectivity index (χ2n) is 2.34. The lowest BCUT2D eigenvalue weighted by molar-refractivity contribution is 0.368. The molecule has 0 radical (unpaired) electrons. The molecule has 1 nitrogen and oxygen atoms in total. The van der Waals surface area contributed by atoms with Gasteiger partial charge in [0.2, 0.25) is 5.82 Å². The van der Waals surface area contributed by atoms with Gasteiger partial charge in [0.1, 0.15) is 24.5 Å². The van der Waals surface area contributed by atoms with Crippen molar-refractivity contribution in [1.29, 1.82) is 0 Å². The molecule has 1 aromatic heterocycles. The van der Waals surface area contributed by atoms with E-state index in [0.29, 0.717) is 0 Å². The predicted molar refractivity (Wildman–Crippen MR) is 44.7 cm³/mol. The zero-order valence-electron chi connectivity index (χ0n) is 7.43. The molecule has 0 aliphatic heterocycles. The number of halogens is 5. The first-order valence-corrected chi connectivity index (χ1v) is 3.85. The zero-order chi connectivity index (χ0) is 11.2. The molecule has 0 N–H and O–H groups in total. The minimum Gasteiger partial charge on any atom is -0.418 e. The molecule has 0 aliphatic rings. The van der Waals surface area contributed by atoms with Crippen LogP contribution in [-0.4, -0.2) is 11.8 Å². The summed E-state index contributed by atoms with van der Waals surface area (Å²) < 4.78 is 53.1. The van der Waals surface area contributed by atoms with Crippen LogP contribution in [0.5, 0.6) is 0 Å². The minimum atomic E-state index is -6.00. The lowest BCUT2D eigenvalue weighted by Crippen LogP contribution is -2.02. The highest BCUT2D eigenvalue weighted by molar-refractivity contribution is 6.50. The van der Waals surface area contributed by atoms with Gasteiger partial charge in [-0.25, -0.2) is 0 Å². The third-order valence-electron chi connectivity index (χ3n) is 1.22. The second-order valence-corrected chi connectivity index (χ2v) is 2.34. The Morgan fingerprint density at radius 1 is 1.36 bits per heavy atom. The van der Waals surface area contributed by atoms with E-state index in [4.69, 9.17) is 0 Å². The monoisotopic (exact) mass is 213 g/mol. The lowest BCUT2D eigenvalue weighted by Gasteiger charge is -1.94. The van der Waals surface area contributed by atoms with Gasteiger partial charge < -0.3 is 17.3 Å². The Hall–Kier alpha value is -1.14. The van der Waals surface area contributed by atoms with E-state index in [1.54, 1.807) is 12.4 Å². The smallest absolute Gasteiger partial charge is 0.418 e. The van der Waals surface area contributed by atoms with Gasteiger partial charge in [-0.3, -0.25) is 4.57 Å². The molecule has 0 saturated carbocycles. The van der Waals surface area contributed by atoms with E-state index >= 15 is 0 Å².